The fourth-order valence-electron chi connectivity index (χ4n) is 3.19. The number of nitrogens with zero attached hydrogens (tertiary/aromatic N) is 2. The summed E-state index contributed by atoms with van der Waals surface area (Å²) in [5, 5.41) is 10.8. The van der Waals surface area contributed by atoms with Gasteiger partial charge in [0, 0.05) is 31.3 Å². The molecule has 1 aliphatic heterocycles. The first kappa shape index (κ1) is 15.8. The van der Waals surface area contributed by atoms with E-state index in [0.29, 0.717) is 17.9 Å². The molecule has 5 nitrogen and oxygen atoms in total. The van der Waals surface area contributed by atoms with Gasteiger partial charge in [-0.05, 0) is 37.3 Å². The molecule has 0 spiro atoms. The zero-order chi connectivity index (χ0) is 15.4. The molecule has 0 radical (unpaired) electrons. The van der Waals surface area contributed by atoms with Crippen LogP contribution in [-0.4, -0.2) is 36.1 Å². The van der Waals surface area contributed by atoms with Gasteiger partial charge in [-0.15, -0.1) is 0 Å². The van der Waals surface area contributed by atoms with Gasteiger partial charge < -0.3 is 4.74 Å². The lowest BCUT2D eigenvalue weighted by Crippen LogP contribution is -2.40. The molecule has 1 heterocycles. The molecule has 116 valence electrons. The molecule has 0 N–H and O–H groups in total. The summed E-state index contributed by atoms with van der Waals surface area (Å²) < 4.78 is 5.73. The monoisotopic (exact) mass is 292 g/mol. The van der Waals surface area contributed by atoms with Crippen LogP contribution in [0, 0.1) is 28.9 Å². The van der Waals surface area contributed by atoms with Gasteiger partial charge in [-0.25, -0.2) is 0 Å². The number of ether oxygens (including phenoxy) is 1. The van der Waals surface area contributed by atoms with Crippen molar-refractivity contribution >= 4 is 5.69 Å². The van der Waals surface area contributed by atoms with Crippen molar-refractivity contribution in [3.63, 3.8) is 0 Å². The number of hydrogen-bond donors (Lipinski definition) is 0. The minimum atomic E-state index is -0.365. The van der Waals surface area contributed by atoms with Crippen molar-refractivity contribution < 1.29 is 9.66 Å². The summed E-state index contributed by atoms with van der Waals surface area (Å²) in [5.41, 5.74) is 0.777. The molecule has 1 aliphatic rings. The summed E-state index contributed by atoms with van der Waals surface area (Å²) in [6.07, 6.45) is 1.30. The van der Waals surface area contributed by atoms with Crippen molar-refractivity contribution in [1.29, 1.82) is 0 Å². The fraction of sp³-hybridized carbons (Fsp3) is 0.625. The molecule has 1 saturated heterocycles. The SMILES string of the molecule is Cc1cc(OCCN2C[C@@H](C)C[C@H](C)C2)ccc1[N+](=O)[O-]. The lowest BCUT2D eigenvalue weighted by molar-refractivity contribution is -0.385. The van der Waals surface area contributed by atoms with Crippen LogP contribution in [0.15, 0.2) is 18.2 Å². The minimum Gasteiger partial charge on any atom is -0.492 e. The predicted molar refractivity (Wildman–Crippen MR) is 82.7 cm³/mol. The van der Waals surface area contributed by atoms with Crippen LogP contribution in [-0.2, 0) is 0 Å². The quantitative estimate of drug-likeness (QED) is 0.617. The van der Waals surface area contributed by atoms with E-state index in [9.17, 15) is 10.1 Å². The van der Waals surface area contributed by atoms with Crippen LogP contribution in [0.1, 0.15) is 25.8 Å². The minimum absolute atomic E-state index is 0.140. The number of nitro benzene ring substituents is 1. The summed E-state index contributed by atoms with van der Waals surface area (Å²) in [6.45, 7) is 10.1. The topological polar surface area (TPSA) is 55.6 Å². The van der Waals surface area contributed by atoms with Gasteiger partial charge in [0.25, 0.3) is 5.69 Å². The Balaban J connectivity index is 1.83. The number of hydrogen-bond acceptors (Lipinski definition) is 4. The highest BCUT2D eigenvalue weighted by Crippen LogP contribution is 2.23. The molecule has 0 bridgehead atoms. The van der Waals surface area contributed by atoms with Crippen LogP contribution >= 0.6 is 0 Å². The van der Waals surface area contributed by atoms with E-state index >= 15 is 0 Å². The third kappa shape index (κ3) is 4.43. The van der Waals surface area contributed by atoms with E-state index in [-0.39, 0.29) is 10.6 Å². The highest BCUT2D eigenvalue weighted by Gasteiger charge is 2.21. The highest BCUT2D eigenvalue weighted by atomic mass is 16.6. The normalized spacial score (nSPS) is 23.0. The second kappa shape index (κ2) is 6.89. The molecule has 2 rings (SSSR count). The number of rotatable bonds is 5. The molecule has 1 aromatic rings. The second-order valence-corrected chi connectivity index (χ2v) is 6.26. The van der Waals surface area contributed by atoms with E-state index in [4.69, 9.17) is 4.74 Å². The van der Waals surface area contributed by atoms with E-state index in [1.165, 1.54) is 12.5 Å². The maximum absolute atomic E-state index is 10.8. The largest absolute Gasteiger partial charge is 0.492 e. The zero-order valence-corrected chi connectivity index (χ0v) is 13.0. The molecule has 5 heteroatoms. The number of piperidine rings is 1. The summed E-state index contributed by atoms with van der Waals surface area (Å²) in [4.78, 5) is 12.8. The Kier molecular flexibility index (Phi) is 5.17. The summed E-state index contributed by atoms with van der Waals surface area (Å²) in [6, 6.07) is 4.92. The highest BCUT2D eigenvalue weighted by molar-refractivity contribution is 5.44. The predicted octanol–water partition coefficient (Wildman–Crippen LogP) is 3.26. The van der Waals surface area contributed by atoms with Crippen molar-refractivity contribution in [2.45, 2.75) is 27.2 Å². The molecule has 0 saturated carbocycles. The number of nitro groups is 1. The molecule has 2 atom stereocenters. The standard InChI is InChI=1S/C16H24N2O3/c1-12-8-13(2)11-17(10-12)6-7-21-15-4-5-16(18(19)20)14(3)9-15/h4-5,9,12-13H,6-8,10-11H2,1-3H3/t12-,13-/m0/s1. The van der Waals surface area contributed by atoms with Crippen molar-refractivity contribution in [3.05, 3.63) is 33.9 Å². The Labute approximate surface area is 126 Å². The fourth-order valence-corrected chi connectivity index (χ4v) is 3.19. The maximum atomic E-state index is 10.8. The van der Waals surface area contributed by atoms with Crippen LogP contribution in [0.25, 0.3) is 0 Å². The van der Waals surface area contributed by atoms with Gasteiger partial charge in [0.05, 0.1) is 4.92 Å². The van der Waals surface area contributed by atoms with E-state index in [1.54, 1.807) is 19.1 Å². The average Bonchev–Trinajstić information content (AvgIpc) is 2.37. The third-order valence-corrected chi connectivity index (χ3v) is 3.99. The van der Waals surface area contributed by atoms with Crippen molar-refractivity contribution in [2.24, 2.45) is 11.8 Å². The summed E-state index contributed by atoms with van der Waals surface area (Å²) in [7, 11) is 0. The van der Waals surface area contributed by atoms with Gasteiger partial charge in [-0.2, -0.15) is 0 Å². The lowest BCUT2D eigenvalue weighted by Gasteiger charge is -2.34. The molecule has 21 heavy (non-hydrogen) atoms. The van der Waals surface area contributed by atoms with E-state index in [2.05, 4.69) is 18.7 Å². The molecular weight excluding hydrogens is 268 g/mol. The van der Waals surface area contributed by atoms with Gasteiger partial charge in [-0.1, -0.05) is 13.8 Å². The molecular formula is C16H24N2O3. The molecule has 0 amide bonds. The molecule has 0 unspecified atom stereocenters. The Bertz CT molecular complexity index is 494. The van der Waals surface area contributed by atoms with Gasteiger partial charge in [0.2, 0.25) is 0 Å². The van der Waals surface area contributed by atoms with E-state index in [0.717, 1.165) is 31.5 Å². The summed E-state index contributed by atoms with van der Waals surface area (Å²) in [5.74, 6) is 2.20. The smallest absolute Gasteiger partial charge is 0.272 e. The van der Waals surface area contributed by atoms with Crippen LogP contribution in [0.2, 0.25) is 0 Å². The molecule has 0 aromatic heterocycles. The van der Waals surface area contributed by atoms with E-state index in [1.807, 2.05) is 0 Å². The first-order valence-electron chi connectivity index (χ1n) is 7.56. The summed E-state index contributed by atoms with van der Waals surface area (Å²) >= 11 is 0. The van der Waals surface area contributed by atoms with Gasteiger partial charge in [0.15, 0.2) is 0 Å². The Morgan fingerprint density at radius 2 is 2.00 bits per heavy atom. The van der Waals surface area contributed by atoms with E-state index < -0.39 is 0 Å². The number of aryl methyl sites for hydroxylation is 1. The number of benzene rings is 1. The van der Waals surface area contributed by atoms with Gasteiger partial charge in [0.1, 0.15) is 12.4 Å². The first-order chi connectivity index (χ1) is 9.95. The number of likely N-dealkylation sites (tertiary alicyclic amines) is 1. The Morgan fingerprint density at radius 3 is 2.57 bits per heavy atom. The van der Waals surface area contributed by atoms with Crippen LogP contribution in [0.4, 0.5) is 5.69 Å². The average molecular weight is 292 g/mol. The van der Waals surface area contributed by atoms with Crippen molar-refractivity contribution in [3.8, 4) is 5.75 Å². The van der Waals surface area contributed by atoms with Crippen LogP contribution in [0.3, 0.4) is 0 Å². The molecule has 0 aliphatic carbocycles. The first-order valence-corrected chi connectivity index (χ1v) is 7.56. The molecule has 1 fully saturated rings. The third-order valence-electron chi connectivity index (χ3n) is 3.99. The molecule has 1 aromatic carbocycles. The van der Waals surface area contributed by atoms with Crippen LogP contribution < -0.4 is 4.74 Å². The van der Waals surface area contributed by atoms with Gasteiger partial charge in [-0.3, -0.25) is 15.0 Å². The van der Waals surface area contributed by atoms with Crippen LogP contribution in [0.5, 0.6) is 5.75 Å². The maximum Gasteiger partial charge on any atom is 0.272 e. The Hall–Kier alpha value is -1.62. The van der Waals surface area contributed by atoms with Gasteiger partial charge >= 0.3 is 0 Å². The zero-order valence-electron chi connectivity index (χ0n) is 13.0. The Morgan fingerprint density at radius 1 is 1.33 bits per heavy atom. The second-order valence-electron chi connectivity index (χ2n) is 6.26. The van der Waals surface area contributed by atoms with Crippen molar-refractivity contribution in [2.75, 3.05) is 26.2 Å². The lowest BCUT2D eigenvalue weighted by atomic mass is 9.92. The van der Waals surface area contributed by atoms with Crippen molar-refractivity contribution in [1.82, 2.24) is 4.90 Å².